The van der Waals surface area contributed by atoms with Gasteiger partial charge in [-0.2, -0.15) is 0 Å². The predicted molar refractivity (Wildman–Crippen MR) is 102 cm³/mol. The molecule has 2 aromatic rings. The van der Waals surface area contributed by atoms with Gasteiger partial charge in [0, 0.05) is 18.3 Å². The van der Waals surface area contributed by atoms with Crippen LogP contribution < -0.4 is 4.90 Å². The van der Waals surface area contributed by atoms with Crippen molar-refractivity contribution in [2.75, 3.05) is 29.5 Å². The van der Waals surface area contributed by atoms with Crippen LogP contribution in [0.5, 0.6) is 0 Å². The number of piperazine rings is 1. The van der Waals surface area contributed by atoms with Gasteiger partial charge in [-0.25, -0.2) is 12.8 Å². The first-order valence-electron chi connectivity index (χ1n) is 8.99. The summed E-state index contributed by atoms with van der Waals surface area (Å²) < 4.78 is 38.6. The van der Waals surface area contributed by atoms with Crippen molar-refractivity contribution in [3.05, 3.63) is 66.0 Å². The van der Waals surface area contributed by atoms with Crippen molar-refractivity contribution < 1.29 is 17.6 Å². The molecule has 142 valence electrons. The molecule has 5 nitrogen and oxygen atoms in total. The second kappa shape index (κ2) is 7.05. The SMILES string of the molecule is O=C1CN(CCc2ccccc2F)C2CS(=O)(=O)CC2N1c1ccccc1. The Kier molecular flexibility index (Phi) is 4.74. The molecule has 0 bridgehead atoms. The van der Waals surface area contributed by atoms with E-state index in [1.807, 2.05) is 35.2 Å². The molecule has 2 atom stereocenters. The van der Waals surface area contributed by atoms with Crippen LogP contribution in [-0.2, 0) is 21.1 Å². The Bertz CT molecular complexity index is 949. The molecule has 2 fully saturated rings. The molecule has 2 aliphatic rings. The number of carbonyl (C=O) groups excluding carboxylic acids is 1. The summed E-state index contributed by atoms with van der Waals surface area (Å²) in [6, 6.07) is 15.1. The van der Waals surface area contributed by atoms with Crippen molar-refractivity contribution in [3.8, 4) is 0 Å². The van der Waals surface area contributed by atoms with Crippen LogP contribution in [0.1, 0.15) is 5.56 Å². The zero-order chi connectivity index (χ0) is 19.0. The average molecular weight is 388 g/mol. The molecule has 0 aromatic heterocycles. The Labute approximate surface area is 158 Å². The van der Waals surface area contributed by atoms with Crippen molar-refractivity contribution in [2.24, 2.45) is 0 Å². The lowest BCUT2D eigenvalue weighted by Crippen LogP contribution is -2.62. The number of hydrogen-bond donors (Lipinski definition) is 0. The summed E-state index contributed by atoms with van der Waals surface area (Å²) in [4.78, 5) is 16.4. The number of nitrogens with zero attached hydrogens (tertiary/aromatic N) is 2. The number of para-hydroxylation sites is 1. The topological polar surface area (TPSA) is 57.7 Å². The van der Waals surface area contributed by atoms with Gasteiger partial charge in [-0.1, -0.05) is 36.4 Å². The third-order valence-electron chi connectivity index (χ3n) is 5.36. The van der Waals surface area contributed by atoms with E-state index in [1.54, 1.807) is 23.1 Å². The number of hydrogen-bond acceptors (Lipinski definition) is 4. The van der Waals surface area contributed by atoms with Gasteiger partial charge in [-0.3, -0.25) is 9.69 Å². The van der Waals surface area contributed by atoms with Gasteiger partial charge in [0.25, 0.3) is 0 Å². The first-order chi connectivity index (χ1) is 12.9. The van der Waals surface area contributed by atoms with Gasteiger partial charge in [-0.05, 0) is 30.2 Å². The molecule has 0 saturated carbocycles. The predicted octanol–water partition coefficient (Wildman–Crippen LogP) is 1.88. The maximum absolute atomic E-state index is 13.9. The Balaban J connectivity index is 1.59. The van der Waals surface area contributed by atoms with Gasteiger partial charge < -0.3 is 4.90 Å². The molecule has 27 heavy (non-hydrogen) atoms. The van der Waals surface area contributed by atoms with Gasteiger partial charge >= 0.3 is 0 Å². The molecule has 0 spiro atoms. The first kappa shape index (κ1) is 18.1. The second-order valence-corrected chi connectivity index (χ2v) is 9.28. The lowest BCUT2D eigenvalue weighted by atomic mass is 10.0. The Morgan fingerprint density at radius 1 is 0.963 bits per heavy atom. The fraction of sp³-hybridized carbons (Fsp3) is 0.350. The number of anilines is 1. The zero-order valence-corrected chi connectivity index (χ0v) is 15.6. The molecule has 2 unspecified atom stereocenters. The normalized spacial score (nSPS) is 24.8. The van der Waals surface area contributed by atoms with E-state index in [-0.39, 0.29) is 35.8 Å². The van der Waals surface area contributed by atoms with Gasteiger partial charge in [0.1, 0.15) is 5.82 Å². The molecule has 0 aliphatic carbocycles. The van der Waals surface area contributed by atoms with E-state index >= 15 is 0 Å². The average Bonchev–Trinajstić information content (AvgIpc) is 2.96. The summed E-state index contributed by atoms with van der Waals surface area (Å²) in [7, 11) is -3.23. The van der Waals surface area contributed by atoms with E-state index in [4.69, 9.17) is 0 Å². The van der Waals surface area contributed by atoms with Gasteiger partial charge in [0.2, 0.25) is 5.91 Å². The summed E-state index contributed by atoms with van der Waals surface area (Å²) in [5, 5.41) is 0. The van der Waals surface area contributed by atoms with Crippen LogP contribution in [0, 0.1) is 5.82 Å². The highest BCUT2D eigenvalue weighted by atomic mass is 32.2. The highest BCUT2D eigenvalue weighted by Gasteiger charge is 2.49. The van der Waals surface area contributed by atoms with Crippen LogP contribution >= 0.6 is 0 Å². The van der Waals surface area contributed by atoms with E-state index in [0.717, 1.165) is 5.69 Å². The summed E-state index contributed by atoms with van der Waals surface area (Å²) in [6.45, 7) is 0.589. The summed E-state index contributed by atoms with van der Waals surface area (Å²) >= 11 is 0. The number of sulfone groups is 1. The van der Waals surface area contributed by atoms with Crippen molar-refractivity contribution in [3.63, 3.8) is 0 Å². The molecule has 2 heterocycles. The van der Waals surface area contributed by atoms with E-state index in [1.165, 1.54) is 6.07 Å². The minimum absolute atomic E-state index is 0.0332. The molecular weight excluding hydrogens is 367 g/mol. The van der Waals surface area contributed by atoms with Crippen LogP contribution in [-0.4, -0.2) is 55.9 Å². The lowest BCUT2D eigenvalue weighted by Gasteiger charge is -2.43. The smallest absolute Gasteiger partial charge is 0.241 e. The zero-order valence-electron chi connectivity index (χ0n) is 14.8. The van der Waals surface area contributed by atoms with Crippen molar-refractivity contribution in [1.29, 1.82) is 0 Å². The molecule has 0 radical (unpaired) electrons. The number of carbonyl (C=O) groups is 1. The van der Waals surface area contributed by atoms with Crippen LogP contribution in [0.15, 0.2) is 54.6 Å². The molecule has 2 aliphatic heterocycles. The molecule has 4 rings (SSSR count). The van der Waals surface area contributed by atoms with E-state index in [2.05, 4.69) is 0 Å². The quantitative estimate of drug-likeness (QED) is 0.803. The molecule has 2 saturated heterocycles. The van der Waals surface area contributed by atoms with E-state index in [0.29, 0.717) is 18.5 Å². The molecule has 1 amide bonds. The van der Waals surface area contributed by atoms with Gasteiger partial charge in [0.15, 0.2) is 9.84 Å². The largest absolute Gasteiger partial charge is 0.306 e. The van der Waals surface area contributed by atoms with Crippen LogP contribution in [0.25, 0.3) is 0 Å². The number of benzene rings is 2. The maximum atomic E-state index is 13.9. The van der Waals surface area contributed by atoms with Crippen molar-refractivity contribution in [1.82, 2.24) is 4.90 Å². The number of fused-ring (bicyclic) bond motifs is 1. The lowest BCUT2D eigenvalue weighted by molar-refractivity contribution is -0.123. The van der Waals surface area contributed by atoms with Gasteiger partial charge in [-0.15, -0.1) is 0 Å². The van der Waals surface area contributed by atoms with Crippen molar-refractivity contribution in [2.45, 2.75) is 18.5 Å². The second-order valence-electron chi connectivity index (χ2n) is 7.12. The third kappa shape index (κ3) is 3.61. The molecule has 0 N–H and O–H groups in total. The highest BCUT2D eigenvalue weighted by Crippen LogP contribution is 2.31. The monoisotopic (exact) mass is 388 g/mol. The van der Waals surface area contributed by atoms with Crippen molar-refractivity contribution >= 4 is 21.4 Å². The summed E-state index contributed by atoms with van der Waals surface area (Å²) in [5.74, 6) is -0.393. The molecular formula is C20H21FN2O3S. The Morgan fingerprint density at radius 2 is 1.63 bits per heavy atom. The van der Waals surface area contributed by atoms with E-state index < -0.39 is 15.9 Å². The third-order valence-corrected chi connectivity index (χ3v) is 7.06. The van der Waals surface area contributed by atoms with Crippen LogP contribution in [0.4, 0.5) is 10.1 Å². The number of halogens is 1. The first-order valence-corrected chi connectivity index (χ1v) is 10.8. The summed E-state index contributed by atoms with van der Waals surface area (Å²) in [5.41, 5.74) is 1.30. The summed E-state index contributed by atoms with van der Waals surface area (Å²) in [6.07, 6.45) is 0.439. The van der Waals surface area contributed by atoms with Gasteiger partial charge in [0.05, 0.1) is 24.1 Å². The maximum Gasteiger partial charge on any atom is 0.241 e. The highest BCUT2D eigenvalue weighted by molar-refractivity contribution is 7.91. The Hall–Kier alpha value is -2.25. The molecule has 7 heteroatoms. The Morgan fingerprint density at radius 3 is 2.37 bits per heavy atom. The van der Waals surface area contributed by atoms with Crippen LogP contribution in [0.2, 0.25) is 0 Å². The van der Waals surface area contributed by atoms with Crippen LogP contribution in [0.3, 0.4) is 0 Å². The van der Waals surface area contributed by atoms with E-state index in [9.17, 15) is 17.6 Å². The minimum Gasteiger partial charge on any atom is -0.306 e. The minimum atomic E-state index is -3.23. The molecule has 2 aromatic carbocycles. The number of rotatable bonds is 4. The fourth-order valence-electron chi connectivity index (χ4n) is 4.09. The number of amides is 1. The fourth-order valence-corrected chi connectivity index (χ4v) is 6.07. The standard InChI is InChI=1S/C20H21FN2O3S/c21-17-9-5-4-6-15(17)10-11-22-12-20(24)23(16-7-2-1-3-8-16)19-14-27(25,26)13-18(19)22/h1-9,18-19H,10-14H2.